The Morgan fingerprint density at radius 3 is 2.73 bits per heavy atom. The lowest BCUT2D eigenvalue weighted by molar-refractivity contribution is 0.169. The topological polar surface area (TPSA) is 41.6 Å². The highest BCUT2D eigenvalue weighted by atomic mass is 32.2. The molecule has 0 aromatic rings. The zero-order valence-electron chi connectivity index (χ0n) is 9.70. The molecule has 0 saturated carbocycles. The lowest BCUT2D eigenvalue weighted by Gasteiger charge is -2.26. The highest BCUT2D eigenvalue weighted by molar-refractivity contribution is 7.85. The summed E-state index contributed by atoms with van der Waals surface area (Å²) >= 11 is 0. The van der Waals surface area contributed by atoms with Crippen LogP contribution in [0.1, 0.15) is 6.92 Å². The molecule has 0 radical (unpaired) electrons. The first kappa shape index (κ1) is 13.1. The van der Waals surface area contributed by atoms with Gasteiger partial charge in [0.15, 0.2) is 0 Å². The third-order valence-electron chi connectivity index (χ3n) is 2.61. The Kier molecular flexibility index (Phi) is 6.40. The Labute approximate surface area is 94.8 Å². The van der Waals surface area contributed by atoms with Crippen LogP contribution in [0, 0.1) is 0 Å². The van der Waals surface area contributed by atoms with Crippen molar-refractivity contribution in [3.63, 3.8) is 0 Å². The number of hydrogen-bond acceptors (Lipinski definition) is 4. The van der Waals surface area contributed by atoms with E-state index in [9.17, 15) is 4.21 Å². The molecule has 1 aliphatic heterocycles. The average Bonchev–Trinajstić information content (AvgIpc) is 2.21. The van der Waals surface area contributed by atoms with E-state index in [1.54, 1.807) is 7.11 Å². The molecule has 1 N–H and O–H groups in total. The first-order valence-corrected chi connectivity index (χ1v) is 7.01. The van der Waals surface area contributed by atoms with Crippen molar-refractivity contribution < 1.29 is 8.95 Å². The van der Waals surface area contributed by atoms with Crippen molar-refractivity contribution in [1.82, 2.24) is 10.2 Å². The van der Waals surface area contributed by atoms with Gasteiger partial charge in [0.05, 0.1) is 6.61 Å². The zero-order valence-corrected chi connectivity index (χ0v) is 10.5. The number of rotatable bonds is 6. The van der Waals surface area contributed by atoms with Crippen LogP contribution in [-0.2, 0) is 15.5 Å². The molecule has 5 heteroatoms. The van der Waals surface area contributed by atoms with E-state index in [1.807, 2.05) is 0 Å². The van der Waals surface area contributed by atoms with Crippen LogP contribution in [0.3, 0.4) is 0 Å². The van der Waals surface area contributed by atoms with Crippen molar-refractivity contribution in [1.29, 1.82) is 0 Å². The molecule has 4 nitrogen and oxygen atoms in total. The quantitative estimate of drug-likeness (QED) is 0.684. The Bertz CT molecular complexity index is 192. The van der Waals surface area contributed by atoms with Gasteiger partial charge in [-0.3, -0.25) is 4.21 Å². The molecule has 0 aromatic heterocycles. The third kappa shape index (κ3) is 5.61. The molecule has 1 fully saturated rings. The number of methoxy groups -OCH3 is 1. The molecule has 1 unspecified atom stereocenters. The fraction of sp³-hybridized carbons (Fsp3) is 1.00. The lowest BCUT2D eigenvalue weighted by Crippen LogP contribution is -2.43. The van der Waals surface area contributed by atoms with Crippen LogP contribution in [0.5, 0.6) is 0 Å². The summed E-state index contributed by atoms with van der Waals surface area (Å²) in [5, 5.41) is 3.40. The Morgan fingerprint density at radius 2 is 2.13 bits per heavy atom. The van der Waals surface area contributed by atoms with Gasteiger partial charge < -0.3 is 15.0 Å². The Hall–Kier alpha value is 0.0300. The standard InChI is InChI=1S/C10H22N2O2S/c1-10(9-14-2)11-3-4-12-5-7-15(13)8-6-12/h10-11H,3-9H2,1-2H3. The molecule has 1 aliphatic rings. The molecule has 1 atom stereocenters. The van der Waals surface area contributed by atoms with E-state index in [0.717, 1.165) is 44.3 Å². The van der Waals surface area contributed by atoms with Crippen molar-refractivity contribution in [2.45, 2.75) is 13.0 Å². The van der Waals surface area contributed by atoms with Gasteiger partial charge in [-0.25, -0.2) is 0 Å². The Balaban J connectivity index is 2.02. The summed E-state index contributed by atoms with van der Waals surface area (Å²) in [7, 11) is 1.16. The van der Waals surface area contributed by atoms with Crippen molar-refractivity contribution in [2.24, 2.45) is 0 Å². The van der Waals surface area contributed by atoms with Gasteiger partial charge in [0.1, 0.15) is 0 Å². The molecular formula is C10H22N2O2S. The maximum atomic E-state index is 11.1. The first-order chi connectivity index (χ1) is 7.22. The highest BCUT2D eigenvalue weighted by Gasteiger charge is 2.14. The molecule has 0 spiro atoms. The van der Waals surface area contributed by atoms with Crippen molar-refractivity contribution in [3.05, 3.63) is 0 Å². The first-order valence-electron chi connectivity index (χ1n) is 5.52. The smallest absolute Gasteiger partial charge is 0.0613 e. The molecule has 0 bridgehead atoms. The second-order valence-corrected chi connectivity index (χ2v) is 5.70. The van der Waals surface area contributed by atoms with E-state index < -0.39 is 10.8 Å². The monoisotopic (exact) mass is 234 g/mol. The fourth-order valence-electron chi connectivity index (χ4n) is 1.68. The van der Waals surface area contributed by atoms with Gasteiger partial charge >= 0.3 is 0 Å². The average molecular weight is 234 g/mol. The van der Waals surface area contributed by atoms with Crippen LogP contribution in [0.15, 0.2) is 0 Å². The van der Waals surface area contributed by atoms with Gasteiger partial charge in [0.2, 0.25) is 0 Å². The van der Waals surface area contributed by atoms with Gasteiger partial charge in [0, 0.05) is 61.6 Å². The summed E-state index contributed by atoms with van der Waals surface area (Å²) in [4.78, 5) is 2.37. The summed E-state index contributed by atoms with van der Waals surface area (Å²) in [5.74, 6) is 1.68. The van der Waals surface area contributed by atoms with Crippen LogP contribution in [0.2, 0.25) is 0 Å². The van der Waals surface area contributed by atoms with Crippen LogP contribution in [0.4, 0.5) is 0 Å². The SMILES string of the molecule is COCC(C)NCCN1CCS(=O)CC1. The molecule has 0 aliphatic carbocycles. The van der Waals surface area contributed by atoms with Crippen LogP contribution < -0.4 is 5.32 Å². The second kappa shape index (κ2) is 7.33. The van der Waals surface area contributed by atoms with Gasteiger partial charge in [-0.15, -0.1) is 0 Å². The summed E-state index contributed by atoms with van der Waals surface area (Å²) in [6, 6.07) is 0.411. The third-order valence-corrected chi connectivity index (χ3v) is 3.88. The molecule has 1 heterocycles. The summed E-state index contributed by atoms with van der Waals surface area (Å²) in [5.41, 5.74) is 0. The molecule has 0 amide bonds. The minimum absolute atomic E-state index is 0.411. The van der Waals surface area contributed by atoms with E-state index >= 15 is 0 Å². The van der Waals surface area contributed by atoms with Gasteiger partial charge in [-0.05, 0) is 6.92 Å². The molecule has 0 aromatic carbocycles. The predicted molar refractivity (Wildman–Crippen MR) is 63.7 cm³/mol. The normalized spacial score (nSPS) is 21.7. The minimum Gasteiger partial charge on any atom is -0.383 e. The van der Waals surface area contributed by atoms with E-state index in [-0.39, 0.29) is 0 Å². The predicted octanol–water partition coefficient (Wildman–Crippen LogP) is -0.325. The number of hydrogen-bond donors (Lipinski definition) is 1. The van der Waals surface area contributed by atoms with Crippen molar-refractivity contribution in [2.75, 3.05) is 51.4 Å². The lowest BCUT2D eigenvalue weighted by atomic mass is 10.3. The van der Waals surface area contributed by atoms with Gasteiger partial charge in [-0.1, -0.05) is 0 Å². The van der Waals surface area contributed by atoms with Crippen LogP contribution in [0.25, 0.3) is 0 Å². The van der Waals surface area contributed by atoms with Gasteiger partial charge in [-0.2, -0.15) is 0 Å². The van der Waals surface area contributed by atoms with Gasteiger partial charge in [0.25, 0.3) is 0 Å². The zero-order chi connectivity index (χ0) is 11.1. The number of ether oxygens (including phenoxy) is 1. The van der Waals surface area contributed by atoms with E-state index in [0.29, 0.717) is 6.04 Å². The van der Waals surface area contributed by atoms with Crippen LogP contribution in [-0.4, -0.2) is 66.6 Å². The number of nitrogens with zero attached hydrogens (tertiary/aromatic N) is 1. The second-order valence-electron chi connectivity index (χ2n) is 4.00. The van der Waals surface area contributed by atoms with E-state index in [1.165, 1.54) is 0 Å². The molecular weight excluding hydrogens is 212 g/mol. The van der Waals surface area contributed by atoms with E-state index in [2.05, 4.69) is 17.1 Å². The molecule has 90 valence electrons. The van der Waals surface area contributed by atoms with Crippen molar-refractivity contribution in [3.8, 4) is 0 Å². The largest absolute Gasteiger partial charge is 0.383 e. The molecule has 1 saturated heterocycles. The maximum Gasteiger partial charge on any atom is 0.0613 e. The Morgan fingerprint density at radius 1 is 1.47 bits per heavy atom. The highest BCUT2D eigenvalue weighted by Crippen LogP contribution is 1.98. The fourth-order valence-corrected chi connectivity index (χ4v) is 2.81. The van der Waals surface area contributed by atoms with E-state index in [4.69, 9.17) is 4.74 Å². The van der Waals surface area contributed by atoms with Crippen LogP contribution >= 0.6 is 0 Å². The summed E-state index contributed by atoms with van der Waals surface area (Å²) in [6.07, 6.45) is 0. The molecule has 1 rings (SSSR count). The summed E-state index contributed by atoms with van der Waals surface area (Å²) < 4.78 is 16.2. The summed E-state index contributed by atoms with van der Waals surface area (Å²) in [6.45, 7) is 6.86. The maximum absolute atomic E-state index is 11.1. The number of nitrogens with one attached hydrogen (secondary N) is 1. The molecule has 15 heavy (non-hydrogen) atoms. The van der Waals surface area contributed by atoms with Crippen molar-refractivity contribution >= 4 is 10.8 Å². The minimum atomic E-state index is -0.560.